The highest BCUT2D eigenvalue weighted by atomic mass is 35.5. The molecule has 0 aliphatic carbocycles. The molecule has 0 saturated carbocycles. The smallest absolute Gasteiger partial charge is 0.341 e. The molecule has 0 spiro atoms. The van der Waals surface area contributed by atoms with Crippen LogP contribution in [-0.4, -0.2) is 26.0 Å². The Kier molecular flexibility index (Phi) is 3.60. The zero-order chi connectivity index (χ0) is 15.7. The van der Waals surface area contributed by atoms with Gasteiger partial charge >= 0.3 is 5.97 Å². The first-order valence-corrected chi connectivity index (χ1v) is 6.77. The second kappa shape index (κ2) is 5.57. The quantitative estimate of drug-likeness (QED) is 0.773. The first-order valence-electron chi connectivity index (χ1n) is 6.39. The molecule has 0 unspecified atom stereocenters. The van der Waals surface area contributed by atoms with Gasteiger partial charge in [0.2, 0.25) is 5.43 Å². The number of hydrogen-bond acceptors (Lipinski definition) is 4. The molecule has 0 aliphatic heterocycles. The third-order valence-electron chi connectivity index (χ3n) is 3.15. The Hall–Kier alpha value is -2.73. The van der Waals surface area contributed by atoms with E-state index < -0.39 is 11.4 Å². The number of carbonyl (C=O) groups is 1. The molecule has 0 aliphatic rings. The van der Waals surface area contributed by atoms with Gasteiger partial charge in [-0.1, -0.05) is 23.7 Å². The molecule has 3 rings (SSSR count). The number of carboxylic acids is 1. The number of aromatic amines is 1. The number of aromatic nitrogens is 3. The molecular weight excluding hydrogens is 306 g/mol. The minimum Gasteiger partial charge on any atom is -0.477 e. The Morgan fingerprint density at radius 2 is 2.18 bits per heavy atom. The maximum Gasteiger partial charge on any atom is 0.341 e. The van der Waals surface area contributed by atoms with E-state index in [2.05, 4.69) is 15.0 Å². The molecule has 0 bridgehead atoms. The second-order valence-electron chi connectivity index (χ2n) is 4.69. The summed E-state index contributed by atoms with van der Waals surface area (Å²) < 4.78 is 0. The van der Waals surface area contributed by atoms with E-state index in [1.54, 1.807) is 12.1 Å². The first kappa shape index (κ1) is 14.2. The molecule has 2 heterocycles. The summed E-state index contributed by atoms with van der Waals surface area (Å²) in [5.74, 6) is -0.874. The van der Waals surface area contributed by atoms with Gasteiger partial charge in [0.1, 0.15) is 16.9 Å². The van der Waals surface area contributed by atoms with Crippen LogP contribution in [0, 0.1) is 0 Å². The molecule has 6 nitrogen and oxygen atoms in total. The van der Waals surface area contributed by atoms with Crippen LogP contribution in [0.3, 0.4) is 0 Å². The van der Waals surface area contributed by atoms with Crippen LogP contribution >= 0.6 is 11.6 Å². The normalized spacial score (nSPS) is 10.8. The van der Waals surface area contributed by atoms with Crippen molar-refractivity contribution in [1.82, 2.24) is 15.0 Å². The summed E-state index contributed by atoms with van der Waals surface area (Å²) in [5, 5.41) is 9.58. The number of H-pyrrole nitrogens is 1. The van der Waals surface area contributed by atoms with Crippen molar-refractivity contribution < 1.29 is 9.90 Å². The summed E-state index contributed by atoms with van der Waals surface area (Å²) in [5.41, 5.74) is 0.380. The number of halogens is 1. The van der Waals surface area contributed by atoms with Gasteiger partial charge in [-0.25, -0.2) is 14.8 Å². The average Bonchev–Trinajstić information content (AvgIpc) is 2.48. The number of nitrogens with zero attached hydrogens (tertiary/aromatic N) is 2. The highest BCUT2D eigenvalue weighted by Gasteiger charge is 2.13. The summed E-state index contributed by atoms with van der Waals surface area (Å²) in [7, 11) is 0. The Morgan fingerprint density at radius 3 is 2.91 bits per heavy atom. The minimum atomic E-state index is -1.29. The van der Waals surface area contributed by atoms with E-state index in [-0.39, 0.29) is 11.1 Å². The number of pyridine rings is 1. The third kappa shape index (κ3) is 2.68. The fraction of sp³-hybridized carbons (Fsp3) is 0.0667. The molecule has 3 aromatic rings. The number of rotatable bonds is 3. The second-order valence-corrected chi connectivity index (χ2v) is 5.13. The van der Waals surface area contributed by atoms with E-state index in [9.17, 15) is 9.59 Å². The van der Waals surface area contributed by atoms with Gasteiger partial charge in [0, 0.05) is 17.6 Å². The predicted molar refractivity (Wildman–Crippen MR) is 81.4 cm³/mol. The van der Waals surface area contributed by atoms with E-state index in [0.717, 1.165) is 11.8 Å². The van der Waals surface area contributed by atoms with Gasteiger partial charge in [0.25, 0.3) is 0 Å². The van der Waals surface area contributed by atoms with Gasteiger partial charge < -0.3 is 10.1 Å². The lowest BCUT2D eigenvalue weighted by Crippen LogP contribution is -2.17. The molecule has 110 valence electrons. The molecule has 1 aromatic carbocycles. The molecule has 0 fully saturated rings. The van der Waals surface area contributed by atoms with Crippen molar-refractivity contribution in [3.63, 3.8) is 0 Å². The maximum absolute atomic E-state index is 12.1. The molecule has 7 heteroatoms. The lowest BCUT2D eigenvalue weighted by molar-refractivity contribution is 0.0695. The Labute approximate surface area is 129 Å². The highest BCUT2D eigenvalue weighted by molar-refractivity contribution is 6.30. The highest BCUT2D eigenvalue weighted by Crippen LogP contribution is 2.14. The molecule has 0 saturated heterocycles. The summed E-state index contributed by atoms with van der Waals surface area (Å²) in [6.07, 6.45) is 3.01. The Morgan fingerprint density at radius 1 is 1.36 bits per heavy atom. The zero-order valence-electron chi connectivity index (χ0n) is 11.2. The van der Waals surface area contributed by atoms with Crippen LogP contribution in [0.2, 0.25) is 5.02 Å². The van der Waals surface area contributed by atoms with E-state index in [4.69, 9.17) is 16.7 Å². The van der Waals surface area contributed by atoms with Crippen molar-refractivity contribution in [2.24, 2.45) is 0 Å². The molecule has 2 N–H and O–H groups in total. The van der Waals surface area contributed by atoms with Crippen molar-refractivity contribution >= 4 is 28.6 Å². The number of carboxylic acid groups (broad SMARTS) is 1. The van der Waals surface area contributed by atoms with Crippen LogP contribution in [0.4, 0.5) is 0 Å². The maximum atomic E-state index is 12.1. The zero-order valence-corrected chi connectivity index (χ0v) is 12.0. The van der Waals surface area contributed by atoms with E-state index >= 15 is 0 Å². The van der Waals surface area contributed by atoms with E-state index in [0.29, 0.717) is 22.8 Å². The van der Waals surface area contributed by atoms with Crippen molar-refractivity contribution in [3.8, 4) is 0 Å². The summed E-state index contributed by atoms with van der Waals surface area (Å²) >= 11 is 5.93. The van der Waals surface area contributed by atoms with Gasteiger partial charge in [-0.15, -0.1) is 0 Å². The van der Waals surface area contributed by atoms with Gasteiger partial charge in [0.05, 0.1) is 11.7 Å². The SMILES string of the molecule is O=C(O)c1c[nH]c2cnc(Cc3cccc(Cl)c3)nc2c1=O. The molecule has 2 aromatic heterocycles. The Bertz CT molecular complexity index is 937. The fourth-order valence-corrected chi connectivity index (χ4v) is 2.33. The van der Waals surface area contributed by atoms with Crippen LogP contribution in [0.25, 0.3) is 11.0 Å². The predicted octanol–water partition coefficient (Wildman–Crippen LogP) is 2.26. The number of nitrogens with one attached hydrogen (secondary N) is 1. The fourth-order valence-electron chi connectivity index (χ4n) is 2.11. The van der Waals surface area contributed by atoms with Crippen LogP contribution in [0.5, 0.6) is 0 Å². The van der Waals surface area contributed by atoms with Crippen molar-refractivity contribution in [3.05, 3.63) is 68.9 Å². The van der Waals surface area contributed by atoms with Crippen LogP contribution in [-0.2, 0) is 6.42 Å². The van der Waals surface area contributed by atoms with Gasteiger partial charge in [-0.05, 0) is 17.7 Å². The van der Waals surface area contributed by atoms with Crippen LogP contribution < -0.4 is 5.43 Å². The van der Waals surface area contributed by atoms with Gasteiger partial charge in [-0.3, -0.25) is 4.79 Å². The monoisotopic (exact) mass is 315 g/mol. The third-order valence-corrected chi connectivity index (χ3v) is 3.39. The molecule has 22 heavy (non-hydrogen) atoms. The topological polar surface area (TPSA) is 95.9 Å². The summed E-state index contributed by atoms with van der Waals surface area (Å²) in [6, 6.07) is 7.23. The van der Waals surface area contributed by atoms with Gasteiger partial charge in [0.15, 0.2) is 0 Å². The van der Waals surface area contributed by atoms with Gasteiger partial charge in [-0.2, -0.15) is 0 Å². The number of hydrogen-bond donors (Lipinski definition) is 2. The molecular formula is C15H10ClN3O3. The molecule has 0 amide bonds. The molecule has 0 atom stereocenters. The lowest BCUT2D eigenvalue weighted by atomic mass is 10.1. The summed E-state index contributed by atoms with van der Waals surface area (Å²) in [4.78, 5) is 34.2. The average molecular weight is 316 g/mol. The first-order chi connectivity index (χ1) is 10.5. The Balaban J connectivity index is 2.07. The largest absolute Gasteiger partial charge is 0.477 e. The van der Waals surface area contributed by atoms with Crippen molar-refractivity contribution in [2.75, 3.05) is 0 Å². The molecule has 0 radical (unpaired) electrons. The summed E-state index contributed by atoms with van der Waals surface area (Å²) in [6.45, 7) is 0. The van der Waals surface area contributed by atoms with Crippen molar-refractivity contribution in [1.29, 1.82) is 0 Å². The number of fused-ring (bicyclic) bond motifs is 1. The standard InChI is InChI=1S/C15H10ClN3O3/c16-9-3-1-2-8(4-9)5-12-18-7-11-13(19-12)14(20)10(6-17-11)15(21)22/h1-4,6-7H,5H2,(H,17,20)(H,21,22). The van der Waals surface area contributed by atoms with E-state index in [1.165, 1.54) is 6.20 Å². The van der Waals surface area contributed by atoms with Crippen LogP contribution in [0.15, 0.2) is 41.5 Å². The minimum absolute atomic E-state index is 0.0620. The number of aromatic carboxylic acids is 1. The van der Waals surface area contributed by atoms with Crippen LogP contribution in [0.1, 0.15) is 21.7 Å². The number of benzene rings is 1. The van der Waals surface area contributed by atoms with Crippen molar-refractivity contribution in [2.45, 2.75) is 6.42 Å². The van der Waals surface area contributed by atoms with E-state index in [1.807, 2.05) is 12.1 Å². The lowest BCUT2D eigenvalue weighted by Gasteiger charge is -2.03.